The summed E-state index contributed by atoms with van der Waals surface area (Å²) in [6, 6.07) is 8.66. The van der Waals surface area contributed by atoms with E-state index in [-0.39, 0.29) is 10.4 Å². The molecule has 3 rings (SSSR count). The third kappa shape index (κ3) is 2.76. The van der Waals surface area contributed by atoms with E-state index in [0.29, 0.717) is 0 Å². The van der Waals surface area contributed by atoms with Gasteiger partial charge >= 0.3 is 0 Å². The average Bonchev–Trinajstić information content (AvgIpc) is 2.88. The van der Waals surface area contributed by atoms with E-state index in [4.69, 9.17) is 4.74 Å². The lowest BCUT2D eigenvalue weighted by Gasteiger charge is -2.16. The maximum atomic E-state index is 5.92. The van der Waals surface area contributed by atoms with E-state index in [9.17, 15) is 0 Å². The van der Waals surface area contributed by atoms with E-state index in [2.05, 4.69) is 75.4 Å². The number of thiophene rings is 1. The SMILES string of the molecule is CC1(C)Cc2cc(C(Br)c3csc(Br)c3)ccc2O1. The Balaban J connectivity index is 1.92. The number of alkyl halides is 1. The van der Waals surface area contributed by atoms with Crippen LogP contribution >= 0.6 is 43.2 Å². The molecular formula is C15H14Br2OS. The Bertz CT molecular complexity index is 618. The quantitative estimate of drug-likeness (QED) is 0.585. The summed E-state index contributed by atoms with van der Waals surface area (Å²) in [6.45, 7) is 4.27. The zero-order valence-electron chi connectivity index (χ0n) is 10.7. The minimum Gasteiger partial charge on any atom is -0.487 e. The summed E-state index contributed by atoms with van der Waals surface area (Å²) >= 11 is 9.02. The summed E-state index contributed by atoms with van der Waals surface area (Å²) in [4.78, 5) is 0.240. The van der Waals surface area contributed by atoms with Crippen LogP contribution in [0.5, 0.6) is 5.75 Å². The van der Waals surface area contributed by atoms with E-state index in [1.165, 1.54) is 16.7 Å². The van der Waals surface area contributed by atoms with Crippen LogP contribution in [0.3, 0.4) is 0 Å². The van der Waals surface area contributed by atoms with Crippen molar-refractivity contribution in [2.24, 2.45) is 0 Å². The van der Waals surface area contributed by atoms with Gasteiger partial charge in [-0.2, -0.15) is 0 Å². The number of fused-ring (bicyclic) bond motifs is 1. The largest absolute Gasteiger partial charge is 0.487 e. The Morgan fingerprint density at radius 1 is 1.26 bits per heavy atom. The van der Waals surface area contributed by atoms with Gasteiger partial charge in [-0.15, -0.1) is 11.3 Å². The Kier molecular flexibility index (Phi) is 3.52. The van der Waals surface area contributed by atoms with Crippen molar-refractivity contribution in [3.05, 3.63) is 50.1 Å². The molecule has 2 heterocycles. The Labute approximate surface area is 134 Å². The molecule has 1 aromatic carbocycles. The van der Waals surface area contributed by atoms with Crippen molar-refractivity contribution in [1.29, 1.82) is 0 Å². The molecule has 0 amide bonds. The first-order chi connectivity index (χ1) is 8.94. The molecule has 1 aromatic heterocycles. The zero-order chi connectivity index (χ0) is 13.6. The van der Waals surface area contributed by atoms with E-state index in [1.54, 1.807) is 11.3 Å². The highest BCUT2D eigenvalue weighted by atomic mass is 79.9. The second-order valence-electron chi connectivity index (χ2n) is 5.45. The minimum absolute atomic E-state index is 0.0752. The summed E-state index contributed by atoms with van der Waals surface area (Å²) in [5.74, 6) is 1.03. The van der Waals surface area contributed by atoms with Gasteiger partial charge in [0.2, 0.25) is 0 Å². The molecular weight excluding hydrogens is 388 g/mol. The monoisotopic (exact) mass is 400 g/mol. The first-order valence-electron chi connectivity index (χ1n) is 6.14. The average molecular weight is 402 g/mol. The molecule has 0 saturated carbocycles. The summed E-state index contributed by atoms with van der Waals surface area (Å²) in [6.07, 6.45) is 0.975. The van der Waals surface area contributed by atoms with Gasteiger partial charge in [0.1, 0.15) is 11.4 Å². The summed E-state index contributed by atoms with van der Waals surface area (Å²) in [5, 5.41) is 2.18. The summed E-state index contributed by atoms with van der Waals surface area (Å²) < 4.78 is 7.08. The van der Waals surface area contributed by atoms with Gasteiger partial charge in [0.25, 0.3) is 0 Å². The van der Waals surface area contributed by atoms with Crippen molar-refractivity contribution >= 4 is 43.2 Å². The van der Waals surface area contributed by atoms with Crippen molar-refractivity contribution in [3.8, 4) is 5.75 Å². The van der Waals surface area contributed by atoms with Crippen molar-refractivity contribution in [1.82, 2.24) is 0 Å². The molecule has 1 atom stereocenters. The van der Waals surface area contributed by atoms with Gasteiger partial charge in [0, 0.05) is 6.42 Å². The van der Waals surface area contributed by atoms with Crippen molar-refractivity contribution < 1.29 is 4.74 Å². The van der Waals surface area contributed by atoms with Crippen LogP contribution in [-0.4, -0.2) is 5.60 Å². The van der Waals surface area contributed by atoms with E-state index in [0.717, 1.165) is 16.0 Å². The zero-order valence-corrected chi connectivity index (χ0v) is 14.7. The number of ether oxygens (including phenoxy) is 1. The lowest BCUT2D eigenvalue weighted by Crippen LogP contribution is -2.24. The molecule has 1 aliphatic rings. The van der Waals surface area contributed by atoms with Gasteiger partial charge < -0.3 is 4.74 Å². The van der Waals surface area contributed by atoms with E-state index >= 15 is 0 Å². The fourth-order valence-electron chi connectivity index (χ4n) is 2.44. The highest BCUT2D eigenvalue weighted by Crippen LogP contribution is 2.40. The first kappa shape index (κ1) is 13.7. The van der Waals surface area contributed by atoms with Crippen molar-refractivity contribution in [3.63, 3.8) is 0 Å². The van der Waals surface area contributed by atoms with Crippen molar-refractivity contribution in [2.45, 2.75) is 30.7 Å². The van der Waals surface area contributed by atoms with Gasteiger partial charge in [-0.1, -0.05) is 28.1 Å². The molecule has 4 heteroatoms. The predicted molar refractivity (Wildman–Crippen MR) is 87.6 cm³/mol. The smallest absolute Gasteiger partial charge is 0.123 e. The van der Waals surface area contributed by atoms with Crippen LogP contribution in [0.25, 0.3) is 0 Å². The van der Waals surface area contributed by atoms with Gasteiger partial charge in [-0.25, -0.2) is 0 Å². The molecule has 1 unspecified atom stereocenters. The van der Waals surface area contributed by atoms with Crippen LogP contribution in [-0.2, 0) is 6.42 Å². The lowest BCUT2D eigenvalue weighted by molar-refractivity contribution is 0.138. The summed E-state index contributed by atoms with van der Waals surface area (Å²) in [5.41, 5.74) is 3.80. The molecule has 0 radical (unpaired) electrons. The van der Waals surface area contributed by atoms with Crippen molar-refractivity contribution in [2.75, 3.05) is 0 Å². The third-order valence-electron chi connectivity index (χ3n) is 3.26. The van der Waals surface area contributed by atoms with Gasteiger partial charge in [-0.05, 0) is 64.0 Å². The maximum Gasteiger partial charge on any atom is 0.123 e. The molecule has 0 saturated heterocycles. The molecule has 1 aliphatic heterocycles. The Morgan fingerprint density at radius 2 is 2.05 bits per heavy atom. The Hall–Kier alpha value is -0.320. The summed E-state index contributed by atoms with van der Waals surface area (Å²) in [7, 11) is 0. The van der Waals surface area contributed by atoms with Gasteiger partial charge in [0.05, 0.1) is 8.61 Å². The second-order valence-corrected chi connectivity index (χ2v) is 8.66. The van der Waals surface area contributed by atoms with Crippen LogP contribution in [0.2, 0.25) is 0 Å². The lowest BCUT2D eigenvalue weighted by atomic mass is 9.98. The molecule has 0 aliphatic carbocycles. The van der Waals surface area contributed by atoms with Gasteiger partial charge in [-0.3, -0.25) is 0 Å². The van der Waals surface area contributed by atoms with Crippen LogP contribution in [0, 0.1) is 0 Å². The number of halogens is 2. The molecule has 2 aromatic rings. The van der Waals surface area contributed by atoms with Crippen LogP contribution < -0.4 is 4.74 Å². The molecule has 1 nitrogen and oxygen atoms in total. The normalized spacial score (nSPS) is 17.9. The Morgan fingerprint density at radius 3 is 2.74 bits per heavy atom. The molecule has 0 bridgehead atoms. The fourth-order valence-corrected chi connectivity index (χ4v) is 4.36. The highest BCUT2D eigenvalue weighted by molar-refractivity contribution is 9.11. The molecule has 19 heavy (non-hydrogen) atoms. The predicted octanol–water partition coefficient (Wildman–Crippen LogP) is 5.71. The first-order valence-corrected chi connectivity index (χ1v) is 8.73. The maximum absolute atomic E-state index is 5.92. The van der Waals surface area contributed by atoms with Crippen LogP contribution in [0.15, 0.2) is 33.4 Å². The van der Waals surface area contributed by atoms with E-state index < -0.39 is 0 Å². The number of hydrogen-bond acceptors (Lipinski definition) is 2. The molecule has 0 spiro atoms. The van der Waals surface area contributed by atoms with Gasteiger partial charge in [0.15, 0.2) is 0 Å². The van der Waals surface area contributed by atoms with Crippen LogP contribution in [0.1, 0.15) is 35.4 Å². The minimum atomic E-state index is -0.0752. The number of benzene rings is 1. The third-order valence-corrected chi connectivity index (χ3v) is 5.84. The van der Waals surface area contributed by atoms with E-state index in [1.807, 2.05) is 0 Å². The number of hydrogen-bond donors (Lipinski definition) is 0. The fraction of sp³-hybridized carbons (Fsp3) is 0.333. The second kappa shape index (κ2) is 4.90. The van der Waals surface area contributed by atoms with Crippen LogP contribution in [0.4, 0.5) is 0 Å². The highest BCUT2D eigenvalue weighted by Gasteiger charge is 2.30. The standard InChI is InChI=1S/C15H14Br2OS/c1-15(2)7-10-5-9(3-4-12(10)18-15)14(17)11-6-13(16)19-8-11/h3-6,8,14H,7H2,1-2H3. The molecule has 0 N–H and O–H groups in total. The molecule has 100 valence electrons. The number of rotatable bonds is 2. The molecule has 0 fully saturated rings. The topological polar surface area (TPSA) is 9.23 Å².